The van der Waals surface area contributed by atoms with Gasteiger partial charge >= 0.3 is 0 Å². The van der Waals surface area contributed by atoms with Crippen LogP contribution in [-0.4, -0.2) is 62.7 Å². The van der Waals surface area contributed by atoms with Crippen molar-refractivity contribution in [3.05, 3.63) is 0 Å². The van der Waals surface area contributed by atoms with Gasteiger partial charge in [-0.3, -0.25) is 9.59 Å². The minimum atomic E-state index is -0.0556. The lowest BCUT2D eigenvalue weighted by Crippen LogP contribution is -2.46. The summed E-state index contributed by atoms with van der Waals surface area (Å²) in [7, 11) is 0. The van der Waals surface area contributed by atoms with Crippen LogP contribution in [0.3, 0.4) is 0 Å². The maximum absolute atomic E-state index is 11.8. The van der Waals surface area contributed by atoms with Crippen molar-refractivity contribution in [2.45, 2.75) is 26.2 Å². The number of nitrogens with one attached hydrogen (secondary N) is 2. The zero-order chi connectivity index (χ0) is 13.9. The molecule has 0 radical (unpaired) electrons. The van der Waals surface area contributed by atoms with Crippen molar-refractivity contribution < 1.29 is 14.3 Å². The molecule has 110 valence electrons. The van der Waals surface area contributed by atoms with Crippen molar-refractivity contribution in [1.29, 1.82) is 0 Å². The highest BCUT2D eigenvalue weighted by Gasteiger charge is 2.16. The average molecular weight is 271 g/mol. The number of piperazine rings is 1. The Kier molecular flexibility index (Phi) is 8.16. The van der Waals surface area contributed by atoms with Gasteiger partial charge in [0, 0.05) is 58.8 Å². The molecular weight excluding hydrogens is 246 g/mol. The largest absolute Gasteiger partial charge is 0.382 e. The Labute approximate surface area is 114 Å². The lowest BCUT2D eigenvalue weighted by Gasteiger charge is -2.27. The monoisotopic (exact) mass is 271 g/mol. The molecule has 0 aromatic carbocycles. The molecule has 0 aromatic rings. The molecule has 2 N–H and O–H groups in total. The van der Waals surface area contributed by atoms with E-state index in [4.69, 9.17) is 4.74 Å². The number of ether oxygens (including phenoxy) is 1. The lowest BCUT2D eigenvalue weighted by molar-refractivity contribution is -0.134. The first-order chi connectivity index (χ1) is 9.24. The fourth-order valence-electron chi connectivity index (χ4n) is 1.93. The fraction of sp³-hybridized carbons (Fsp3) is 0.846. The molecular formula is C13H25N3O3. The van der Waals surface area contributed by atoms with Gasteiger partial charge in [0.25, 0.3) is 0 Å². The second kappa shape index (κ2) is 9.75. The zero-order valence-corrected chi connectivity index (χ0v) is 11.7. The van der Waals surface area contributed by atoms with Gasteiger partial charge in [-0.1, -0.05) is 0 Å². The van der Waals surface area contributed by atoms with Gasteiger partial charge in [0.15, 0.2) is 0 Å². The van der Waals surface area contributed by atoms with E-state index in [2.05, 4.69) is 10.6 Å². The van der Waals surface area contributed by atoms with Crippen LogP contribution >= 0.6 is 0 Å². The van der Waals surface area contributed by atoms with Gasteiger partial charge in [-0.15, -0.1) is 0 Å². The van der Waals surface area contributed by atoms with Crippen molar-refractivity contribution in [1.82, 2.24) is 15.5 Å². The van der Waals surface area contributed by atoms with Crippen molar-refractivity contribution in [2.75, 3.05) is 45.9 Å². The predicted molar refractivity (Wildman–Crippen MR) is 72.8 cm³/mol. The molecule has 1 heterocycles. The molecule has 2 amide bonds. The number of carbonyl (C=O) groups excluding carboxylic acids is 2. The van der Waals surface area contributed by atoms with Gasteiger partial charge in [-0.05, 0) is 13.3 Å². The summed E-state index contributed by atoms with van der Waals surface area (Å²) in [5.41, 5.74) is 0. The Bertz CT molecular complexity index is 278. The number of hydrogen-bond donors (Lipinski definition) is 2. The van der Waals surface area contributed by atoms with Crippen molar-refractivity contribution in [3.63, 3.8) is 0 Å². The van der Waals surface area contributed by atoms with Crippen molar-refractivity contribution >= 4 is 11.8 Å². The molecule has 0 atom stereocenters. The van der Waals surface area contributed by atoms with E-state index in [1.54, 1.807) is 0 Å². The number of amides is 2. The molecule has 0 aromatic heterocycles. The SMILES string of the molecule is CCOCCCNC(=O)CCC(=O)N1CCNCC1. The van der Waals surface area contributed by atoms with E-state index in [0.29, 0.717) is 26.2 Å². The molecule has 19 heavy (non-hydrogen) atoms. The molecule has 0 spiro atoms. The third-order valence-electron chi connectivity index (χ3n) is 3.03. The van der Waals surface area contributed by atoms with Crippen LogP contribution in [0.5, 0.6) is 0 Å². The number of carbonyl (C=O) groups is 2. The van der Waals surface area contributed by atoms with Crippen LogP contribution in [0, 0.1) is 0 Å². The Morgan fingerprint density at radius 3 is 2.68 bits per heavy atom. The van der Waals surface area contributed by atoms with Crippen molar-refractivity contribution in [3.8, 4) is 0 Å². The Hall–Kier alpha value is -1.14. The second-order valence-corrected chi connectivity index (χ2v) is 4.53. The van der Waals surface area contributed by atoms with Gasteiger partial charge in [0.05, 0.1) is 0 Å². The van der Waals surface area contributed by atoms with Crippen LogP contribution in [0.4, 0.5) is 0 Å². The molecule has 1 aliphatic rings. The third-order valence-corrected chi connectivity index (χ3v) is 3.03. The summed E-state index contributed by atoms with van der Waals surface area (Å²) in [5.74, 6) is 0.0194. The van der Waals surface area contributed by atoms with Gasteiger partial charge in [-0.2, -0.15) is 0 Å². The van der Waals surface area contributed by atoms with Gasteiger partial charge in [0.2, 0.25) is 11.8 Å². The maximum atomic E-state index is 11.8. The van der Waals surface area contributed by atoms with Gasteiger partial charge < -0.3 is 20.3 Å². The Balaban J connectivity index is 2.03. The first-order valence-electron chi connectivity index (χ1n) is 7.07. The molecule has 1 saturated heterocycles. The van der Waals surface area contributed by atoms with E-state index in [1.807, 2.05) is 11.8 Å². The summed E-state index contributed by atoms with van der Waals surface area (Å²) in [6.07, 6.45) is 1.39. The van der Waals surface area contributed by atoms with E-state index in [9.17, 15) is 9.59 Å². The average Bonchev–Trinajstić information content (AvgIpc) is 2.45. The molecule has 1 rings (SSSR count). The topological polar surface area (TPSA) is 70.7 Å². The quantitative estimate of drug-likeness (QED) is 0.597. The molecule has 0 bridgehead atoms. The van der Waals surface area contributed by atoms with Gasteiger partial charge in [0.1, 0.15) is 0 Å². The third kappa shape index (κ3) is 7.12. The Morgan fingerprint density at radius 2 is 2.00 bits per heavy atom. The lowest BCUT2D eigenvalue weighted by atomic mass is 10.2. The summed E-state index contributed by atoms with van der Waals surface area (Å²) in [4.78, 5) is 25.2. The minimum Gasteiger partial charge on any atom is -0.382 e. The number of nitrogens with zero attached hydrogens (tertiary/aromatic N) is 1. The first kappa shape index (κ1) is 15.9. The molecule has 0 saturated carbocycles. The van der Waals surface area contributed by atoms with Crippen LogP contribution in [-0.2, 0) is 14.3 Å². The normalized spacial score (nSPS) is 15.3. The van der Waals surface area contributed by atoms with Crippen LogP contribution in [0.25, 0.3) is 0 Å². The smallest absolute Gasteiger partial charge is 0.223 e. The molecule has 1 fully saturated rings. The van der Waals surface area contributed by atoms with Crippen LogP contribution in [0.15, 0.2) is 0 Å². The standard InChI is InChI=1S/C13H25N3O3/c1-2-19-11-3-6-15-12(17)4-5-13(18)16-9-7-14-8-10-16/h14H,2-11H2,1H3,(H,15,17). The van der Waals surface area contributed by atoms with Crippen LogP contribution in [0.2, 0.25) is 0 Å². The zero-order valence-electron chi connectivity index (χ0n) is 11.7. The highest BCUT2D eigenvalue weighted by molar-refractivity contribution is 5.83. The summed E-state index contributed by atoms with van der Waals surface area (Å²) in [5, 5.41) is 5.99. The molecule has 0 aliphatic carbocycles. The van der Waals surface area contributed by atoms with Crippen LogP contribution in [0.1, 0.15) is 26.2 Å². The Morgan fingerprint density at radius 1 is 1.26 bits per heavy atom. The van der Waals surface area contributed by atoms with E-state index >= 15 is 0 Å². The summed E-state index contributed by atoms with van der Waals surface area (Å²) in [6, 6.07) is 0. The van der Waals surface area contributed by atoms with E-state index < -0.39 is 0 Å². The van der Waals surface area contributed by atoms with E-state index in [0.717, 1.165) is 32.6 Å². The maximum Gasteiger partial charge on any atom is 0.223 e. The molecule has 0 unspecified atom stereocenters. The second-order valence-electron chi connectivity index (χ2n) is 4.53. The predicted octanol–water partition coefficient (Wildman–Crippen LogP) is -0.259. The highest BCUT2D eigenvalue weighted by atomic mass is 16.5. The number of rotatable bonds is 8. The van der Waals surface area contributed by atoms with E-state index in [1.165, 1.54) is 0 Å². The summed E-state index contributed by atoms with van der Waals surface area (Å²) in [6.45, 7) is 7.10. The minimum absolute atomic E-state index is 0.0556. The first-order valence-corrected chi connectivity index (χ1v) is 7.07. The fourth-order valence-corrected chi connectivity index (χ4v) is 1.93. The number of hydrogen-bond acceptors (Lipinski definition) is 4. The molecule has 6 nitrogen and oxygen atoms in total. The van der Waals surface area contributed by atoms with Crippen molar-refractivity contribution in [2.24, 2.45) is 0 Å². The van der Waals surface area contributed by atoms with Gasteiger partial charge in [-0.25, -0.2) is 0 Å². The van der Waals surface area contributed by atoms with E-state index in [-0.39, 0.29) is 18.2 Å². The molecule has 1 aliphatic heterocycles. The summed E-state index contributed by atoms with van der Waals surface area (Å²) >= 11 is 0. The van der Waals surface area contributed by atoms with Crippen LogP contribution < -0.4 is 10.6 Å². The molecule has 6 heteroatoms. The highest BCUT2D eigenvalue weighted by Crippen LogP contribution is 2.00. The summed E-state index contributed by atoms with van der Waals surface area (Å²) < 4.78 is 5.17.